The Morgan fingerprint density at radius 2 is 1.96 bits per heavy atom. The van der Waals surface area contributed by atoms with Gasteiger partial charge in [-0.3, -0.25) is 4.79 Å². The smallest absolute Gasteiger partial charge is 0.237 e. The highest BCUT2D eigenvalue weighted by Gasteiger charge is 2.22. The molecule has 1 saturated heterocycles. The lowest BCUT2D eigenvalue weighted by Crippen LogP contribution is -2.29. The van der Waals surface area contributed by atoms with Crippen LogP contribution in [0.25, 0.3) is 0 Å². The van der Waals surface area contributed by atoms with Crippen LogP contribution in [0.2, 0.25) is 0 Å². The minimum absolute atomic E-state index is 0.0618. The van der Waals surface area contributed by atoms with Crippen molar-refractivity contribution >= 4 is 39.9 Å². The average molecular weight is 352 g/mol. The largest absolute Gasteiger partial charge is 0.486 e. The number of hydrogen-bond donors (Lipinski definition) is 1. The first-order valence-corrected chi connectivity index (χ1v) is 9.08. The van der Waals surface area contributed by atoms with Gasteiger partial charge in [0.2, 0.25) is 5.91 Å². The minimum Gasteiger partial charge on any atom is -0.486 e. The zero-order valence-electron chi connectivity index (χ0n) is 13.0. The van der Waals surface area contributed by atoms with Gasteiger partial charge in [0.1, 0.15) is 17.5 Å². The Morgan fingerprint density at radius 3 is 2.70 bits per heavy atom. The number of fused-ring (bicyclic) bond motifs is 1. The van der Waals surface area contributed by atoms with Crippen LogP contribution in [0.5, 0.6) is 11.5 Å². The number of ether oxygens (including phenoxy) is 2. The van der Waals surface area contributed by atoms with Gasteiger partial charge in [-0.25, -0.2) is 0 Å². The maximum Gasteiger partial charge on any atom is 0.237 e. The molecule has 0 aromatic heterocycles. The van der Waals surface area contributed by atoms with Crippen molar-refractivity contribution in [1.82, 2.24) is 4.90 Å². The second-order valence-corrected chi connectivity index (χ2v) is 7.54. The Bertz CT molecular complexity index is 603. The molecule has 0 bridgehead atoms. The number of carbonyl (C=O) groups excluding carboxylic acids is 1. The van der Waals surface area contributed by atoms with Crippen LogP contribution >= 0.6 is 24.0 Å². The maximum atomic E-state index is 12.3. The number of likely N-dealkylation sites (tertiary alicyclic amines) is 1. The Morgan fingerprint density at radius 1 is 1.26 bits per heavy atom. The first-order valence-electron chi connectivity index (χ1n) is 7.79. The van der Waals surface area contributed by atoms with Gasteiger partial charge in [0, 0.05) is 24.8 Å². The van der Waals surface area contributed by atoms with Crippen molar-refractivity contribution in [2.75, 3.05) is 31.6 Å². The van der Waals surface area contributed by atoms with Crippen molar-refractivity contribution in [3.8, 4) is 11.5 Å². The molecule has 1 aromatic rings. The van der Waals surface area contributed by atoms with Gasteiger partial charge >= 0.3 is 0 Å². The number of amides is 1. The molecule has 5 nitrogen and oxygen atoms in total. The molecule has 7 heteroatoms. The number of nitrogens with one attached hydrogen (secondary N) is 1. The number of thiocarbonyl (C=S) groups is 1. The molecule has 1 amide bonds. The van der Waals surface area contributed by atoms with E-state index < -0.39 is 0 Å². The highest BCUT2D eigenvalue weighted by atomic mass is 32.2. The summed E-state index contributed by atoms with van der Waals surface area (Å²) in [4.78, 5) is 14.5. The molecule has 0 spiro atoms. The molecule has 0 aliphatic carbocycles. The summed E-state index contributed by atoms with van der Waals surface area (Å²) >= 11 is 6.87. The Balaban J connectivity index is 1.56. The quantitative estimate of drug-likeness (QED) is 0.844. The summed E-state index contributed by atoms with van der Waals surface area (Å²) in [5, 5.41) is 2.67. The lowest BCUT2D eigenvalue weighted by Gasteiger charge is -2.21. The van der Waals surface area contributed by atoms with Crippen LogP contribution in [0.1, 0.15) is 19.8 Å². The lowest BCUT2D eigenvalue weighted by molar-refractivity contribution is -0.115. The molecule has 1 atom stereocenters. The summed E-state index contributed by atoms with van der Waals surface area (Å²) in [7, 11) is 0. The van der Waals surface area contributed by atoms with Gasteiger partial charge in [0.25, 0.3) is 0 Å². The van der Waals surface area contributed by atoms with Gasteiger partial charge in [-0.2, -0.15) is 0 Å². The third kappa shape index (κ3) is 4.09. The van der Waals surface area contributed by atoms with Gasteiger partial charge in [0.05, 0.1) is 5.25 Å². The SMILES string of the molecule is C[C@H](SC(=S)N1CCCC1)C(=O)Nc1ccc2c(c1)OCCO2. The predicted octanol–water partition coefficient (Wildman–Crippen LogP) is 2.90. The molecule has 0 unspecified atom stereocenters. The minimum atomic E-state index is -0.240. The Hall–Kier alpha value is -1.47. The molecule has 2 aliphatic heterocycles. The molecular formula is C16H20N2O3S2. The van der Waals surface area contributed by atoms with E-state index in [1.54, 1.807) is 6.07 Å². The van der Waals surface area contributed by atoms with E-state index in [1.807, 2.05) is 19.1 Å². The maximum absolute atomic E-state index is 12.3. The second-order valence-electron chi connectivity index (χ2n) is 5.57. The van der Waals surface area contributed by atoms with Gasteiger partial charge in [-0.15, -0.1) is 0 Å². The average Bonchev–Trinajstić information content (AvgIpc) is 3.09. The number of hydrogen-bond acceptors (Lipinski definition) is 5. The first kappa shape index (κ1) is 16.4. The molecular weight excluding hydrogens is 332 g/mol. The molecule has 1 N–H and O–H groups in total. The van der Waals surface area contributed by atoms with Crippen molar-refractivity contribution in [2.45, 2.75) is 25.0 Å². The van der Waals surface area contributed by atoms with E-state index in [-0.39, 0.29) is 11.2 Å². The fourth-order valence-electron chi connectivity index (χ4n) is 2.54. The summed E-state index contributed by atoms with van der Waals surface area (Å²) in [6.45, 7) is 4.96. The van der Waals surface area contributed by atoms with Crippen LogP contribution in [-0.2, 0) is 4.79 Å². The van der Waals surface area contributed by atoms with Crippen molar-refractivity contribution in [3.05, 3.63) is 18.2 Å². The van der Waals surface area contributed by atoms with Crippen LogP contribution in [0.4, 0.5) is 5.69 Å². The van der Waals surface area contributed by atoms with Gasteiger partial charge in [-0.1, -0.05) is 24.0 Å². The molecule has 2 aliphatic rings. The molecule has 3 rings (SSSR count). The lowest BCUT2D eigenvalue weighted by atomic mass is 10.2. The number of carbonyl (C=O) groups is 1. The van der Waals surface area contributed by atoms with Crippen LogP contribution < -0.4 is 14.8 Å². The topological polar surface area (TPSA) is 50.8 Å². The molecule has 1 aromatic carbocycles. The van der Waals surface area contributed by atoms with Crippen LogP contribution in [0.3, 0.4) is 0 Å². The molecule has 2 heterocycles. The Kier molecular flexibility index (Phi) is 5.27. The third-order valence-corrected chi connectivity index (χ3v) is 5.40. The number of thioether (sulfide) groups is 1. The molecule has 0 saturated carbocycles. The van der Waals surface area contributed by atoms with E-state index in [1.165, 1.54) is 24.6 Å². The summed E-state index contributed by atoms with van der Waals surface area (Å²) in [6.07, 6.45) is 2.36. The number of nitrogens with zero attached hydrogens (tertiary/aromatic N) is 1. The summed E-state index contributed by atoms with van der Waals surface area (Å²) in [6, 6.07) is 5.43. The summed E-state index contributed by atoms with van der Waals surface area (Å²) < 4.78 is 11.8. The summed E-state index contributed by atoms with van der Waals surface area (Å²) in [5.41, 5.74) is 0.707. The zero-order chi connectivity index (χ0) is 16.2. The highest BCUT2D eigenvalue weighted by molar-refractivity contribution is 8.23. The zero-order valence-corrected chi connectivity index (χ0v) is 14.7. The standard InChI is InChI=1S/C16H20N2O3S2/c1-11(23-16(22)18-6-2-3-7-18)15(19)17-12-4-5-13-14(10-12)21-9-8-20-13/h4-5,10-11H,2-3,6-9H2,1H3,(H,17,19)/t11-/m0/s1. The predicted molar refractivity (Wildman–Crippen MR) is 96.5 cm³/mol. The van der Waals surface area contributed by atoms with Crippen LogP contribution in [0.15, 0.2) is 18.2 Å². The summed E-state index contributed by atoms with van der Waals surface area (Å²) in [5.74, 6) is 1.32. The highest BCUT2D eigenvalue weighted by Crippen LogP contribution is 2.32. The normalized spacial score (nSPS) is 17.7. The van der Waals surface area contributed by atoms with Crippen molar-refractivity contribution in [1.29, 1.82) is 0 Å². The van der Waals surface area contributed by atoms with E-state index >= 15 is 0 Å². The van der Waals surface area contributed by atoms with Gasteiger partial charge in [-0.05, 0) is 31.9 Å². The van der Waals surface area contributed by atoms with Crippen LogP contribution in [0, 0.1) is 0 Å². The fraction of sp³-hybridized carbons (Fsp3) is 0.500. The Labute approximate surface area is 145 Å². The van der Waals surface area contributed by atoms with Crippen molar-refractivity contribution in [3.63, 3.8) is 0 Å². The fourth-order valence-corrected chi connectivity index (χ4v) is 3.96. The van der Waals surface area contributed by atoms with Gasteiger partial charge in [0.15, 0.2) is 11.5 Å². The van der Waals surface area contributed by atoms with Crippen molar-refractivity contribution in [2.24, 2.45) is 0 Å². The molecule has 124 valence electrons. The molecule has 0 radical (unpaired) electrons. The van der Waals surface area contributed by atoms with Crippen LogP contribution in [-0.4, -0.2) is 46.7 Å². The number of benzene rings is 1. The molecule has 23 heavy (non-hydrogen) atoms. The third-order valence-electron chi connectivity index (χ3n) is 3.82. The van der Waals surface area contributed by atoms with E-state index in [9.17, 15) is 4.79 Å². The van der Waals surface area contributed by atoms with E-state index in [4.69, 9.17) is 21.7 Å². The van der Waals surface area contributed by atoms with E-state index in [2.05, 4.69) is 10.2 Å². The number of anilines is 1. The monoisotopic (exact) mass is 352 g/mol. The second kappa shape index (κ2) is 7.40. The van der Waals surface area contributed by atoms with E-state index in [0.717, 1.165) is 17.4 Å². The number of rotatable bonds is 3. The van der Waals surface area contributed by atoms with E-state index in [0.29, 0.717) is 30.4 Å². The van der Waals surface area contributed by atoms with Crippen molar-refractivity contribution < 1.29 is 14.3 Å². The first-order chi connectivity index (χ1) is 11.1. The molecule has 1 fully saturated rings. The van der Waals surface area contributed by atoms with Gasteiger partial charge < -0.3 is 19.7 Å².